The molecule has 0 saturated carbocycles. The molecule has 12 nitrogen and oxygen atoms in total. The minimum absolute atomic E-state index is 0.124. The van der Waals surface area contributed by atoms with Crippen LogP contribution < -0.4 is 5.73 Å². The first-order chi connectivity index (χ1) is 17.7. The summed E-state index contributed by atoms with van der Waals surface area (Å²) in [6, 6.07) is 8.14. The fourth-order valence-corrected chi connectivity index (χ4v) is 3.54. The van der Waals surface area contributed by atoms with Crippen molar-refractivity contribution in [1.82, 2.24) is 19.6 Å². The third-order valence-electron chi connectivity index (χ3n) is 5.35. The van der Waals surface area contributed by atoms with Gasteiger partial charge in [0.05, 0.1) is 13.1 Å². The minimum atomic E-state index is -1.03. The number of amides is 1. The smallest absolute Gasteiger partial charge is 0.407 e. The Morgan fingerprint density at radius 2 is 1.08 bits per heavy atom. The van der Waals surface area contributed by atoms with Gasteiger partial charge in [0.25, 0.3) is 0 Å². The summed E-state index contributed by atoms with van der Waals surface area (Å²) in [5.74, 6) is -1.93. The van der Waals surface area contributed by atoms with Gasteiger partial charge in [-0.3, -0.25) is 24.3 Å². The Bertz CT molecular complexity index is 764. The van der Waals surface area contributed by atoms with Gasteiger partial charge < -0.3 is 30.7 Å². The Balaban J connectivity index is 0. The standard InChI is InChI=1S/C21H32N4O6.C2H6.CH5N.CH2O/c1-17-2-4-18(5-3-17)14-22-6-7-23(15-19(26)27)8-9-24(16-20(28)29)11-13-25(12-10-22)21(30)31;3*1-2/h2-5H,6-16H2,1H3,(H,26,27)(H,28,29)(H,30,31);1-2H3;2H2,1H3;1H2. The van der Waals surface area contributed by atoms with Crippen LogP contribution in [-0.4, -0.2) is 132 Å². The van der Waals surface area contributed by atoms with Crippen molar-refractivity contribution in [2.24, 2.45) is 5.73 Å². The van der Waals surface area contributed by atoms with E-state index < -0.39 is 18.0 Å². The molecule has 0 bridgehead atoms. The first-order valence-corrected chi connectivity index (χ1v) is 12.2. The number of carbonyl (C=O) groups excluding carboxylic acids is 1. The number of hydrogen-bond donors (Lipinski definition) is 4. The third kappa shape index (κ3) is 17.1. The first kappa shape index (κ1) is 36.1. The lowest BCUT2D eigenvalue weighted by Crippen LogP contribution is -2.48. The van der Waals surface area contributed by atoms with Gasteiger partial charge in [0.15, 0.2) is 0 Å². The monoisotopic (exact) mass is 527 g/mol. The minimum Gasteiger partial charge on any atom is -0.480 e. The quantitative estimate of drug-likeness (QED) is 0.416. The highest BCUT2D eigenvalue weighted by atomic mass is 16.4. The molecule has 0 aromatic heterocycles. The highest BCUT2D eigenvalue weighted by Gasteiger charge is 2.20. The predicted octanol–water partition coefficient (Wildman–Crippen LogP) is 0.980. The maximum atomic E-state index is 11.7. The summed E-state index contributed by atoms with van der Waals surface area (Å²) < 4.78 is 0. The molecule has 0 radical (unpaired) electrons. The highest BCUT2D eigenvalue weighted by Crippen LogP contribution is 2.09. The van der Waals surface area contributed by atoms with Crippen LogP contribution in [0.3, 0.4) is 0 Å². The Kier molecular flexibility index (Phi) is 21.6. The molecule has 212 valence electrons. The average Bonchev–Trinajstić information content (AvgIpc) is 2.88. The fourth-order valence-electron chi connectivity index (χ4n) is 3.54. The van der Waals surface area contributed by atoms with Crippen molar-refractivity contribution in [2.45, 2.75) is 27.3 Å². The van der Waals surface area contributed by atoms with Gasteiger partial charge in [-0.1, -0.05) is 43.7 Å². The van der Waals surface area contributed by atoms with Crippen molar-refractivity contribution in [1.29, 1.82) is 0 Å². The van der Waals surface area contributed by atoms with E-state index >= 15 is 0 Å². The topological polar surface area (TPSA) is 168 Å². The van der Waals surface area contributed by atoms with Gasteiger partial charge in [-0.2, -0.15) is 0 Å². The Morgan fingerprint density at radius 1 is 0.730 bits per heavy atom. The highest BCUT2D eigenvalue weighted by molar-refractivity contribution is 5.69. The van der Waals surface area contributed by atoms with Crippen LogP contribution in [0.1, 0.15) is 25.0 Å². The van der Waals surface area contributed by atoms with Crippen LogP contribution in [0.15, 0.2) is 24.3 Å². The van der Waals surface area contributed by atoms with Gasteiger partial charge in [-0.05, 0) is 19.5 Å². The number of hydrogen-bond acceptors (Lipinski definition) is 8. The summed E-state index contributed by atoms with van der Waals surface area (Å²) in [5, 5.41) is 28.0. The number of nitrogens with two attached hydrogens (primary N) is 1. The molecule has 1 aliphatic rings. The molecule has 1 aromatic carbocycles. The van der Waals surface area contributed by atoms with Crippen molar-refractivity contribution >= 4 is 24.8 Å². The second-order valence-corrected chi connectivity index (χ2v) is 7.87. The van der Waals surface area contributed by atoms with E-state index in [9.17, 15) is 24.6 Å². The molecule has 2 rings (SSSR count). The molecule has 1 amide bonds. The molecule has 1 saturated heterocycles. The summed E-state index contributed by atoms with van der Waals surface area (Å²) in [6.45, 7) is 11.4. The summed E-state index contributed by atoms with van der Waals surface area (Å²) in [4.78, 5) is 49.0. The first-order valence-electron chi connectivity index (χ1n) is 12.2. The van der Waals surface area contributed by atoms with Gasteiger partial charge in [0, 0.05) is 58.9 Å². The fraction of sp³-hybridized carbons (Fsp3) is 0.600. The Hall–Kier alpha value is -3.06. The van der Waals surface area contributed by atoms with Gasteiger partial charge in [-0.25, -0.2) is 4.79 Å². The van der Waals surface area contributed by atoms with E-state index in [2.05, 4.69) is 10.6 Å². The molecule has 1 heterocycles. The van der Waals surface area contributed by atoms with E-state index in [0.717, 1.165) is 11.1 Å². The van der Waals surface area contributed by atoms with Crippen LogP contribution in [0, 0.1) is 6.92 Å². The van der Waals surface area contributed by atoms with Crippen LogP contribution in [0.2, 0.25) is 0 Å². The molecule has 5 N–H and O–H groups in total. The molecule has 37 heavy (non-hydrogen) atoms. The number of aryl methyl sites for hydroxylation is 1. The van der Waals surface area contributed by atoms with Crippen LogP contribution in [0.4, 0.5) is 4.79 Å². The molecule has 1 aliphatic heterocycles. The van der Waals surface area contributed by atoms with Crippen LogP contribution in [0.25, 0.3) is 0 Å². The SMILES string of the molecule is C=O.CC.CN.Cc1ccc(CN2CCN(CC(=O)O)CCN(CC(=O)O)CCN(C(=O)O)CC2)cc1. The van der Waals surface area contributed by atoms with Gasteiger partial charge >= 0.3 is 18.0 Å². The van der Waals surface area contributed by atoms with E-state index in [1.54, 1.807) is 9.80 Å². The number of carboxylic acids is 2. The molecule has 0 spiro atoms. The summed E-state index contributed by atoms with van der Waals surface area (Å²) >= 11 is 0. The van der Waals surface area contributed by atoms with E-state index in [1.165, 1.54) is 11.9 Å². The second kappa shape index (κ2) is 22.2. The Labute approximate surface area is 220 Å². The largest absolute Gasteiger partial charge is 0.480 e. The zero-order valence-corrected chi connectivity index (χ0v) is 22.6. The predicted molar refractivity (Wildman–Crippen MR) is 143 cm³/mol. The Morgan fingerprint density at radius 3 is 1.46 bits per heavy atom. The van der Waals surface area contributed by atoms with E-state index in [0.29, 0.717) is 45.8 Å². The molecule has 0 unspecified atom stereocenters. The summed E-state index contributed by atoms with van der Waals surface area (Å²) in [7, 11) is 1.50. The van der Waals surface area contributed by atoms with E-state index in [1.807, 2.05) is 51.8 Å². The van der Waals surface area contributed by atoms with Gasteiger partial charge in [-0.15, -0.1) is 0 Å². The van der Waals surface area contributed by atoms with Crippen LogP contribution >= 0.6 is 0 Å². The summed E-state index contributed by atoms with van der Waals surface area (Å²) in [5.41, 5.74) is 6.77. The number of benzene rings is 1. The van der Waals surface area contributed by atoms with Crippen molar-refractivity contribution in [3.8, 4) is 0 Å². The molecule has 0 atom stereocenters. The summed E-state index contributed by atoms with van der Waals surface area (Å²) in [6.07, 6.45) is -1.03. The van der Waals surface area contributed by atoms with Crippen molar-refractivity contribution in [3.05, 3.63) is 35.4 Å². The maximum absolute atomic E-state index is 11.7. The van der Waals surface area contributed by atoms with Gasteiger partial charge in [0.1, 0.15) is 6.79 Å². The van der Waals surface area contributed by atoms with Crippen molar-refractivity contribution in [2.75, 3.05) is 72.5 Å². The lowest BCUT2D eigenvalue weighted by Gasteiger charge is -2.32. The number of rotatable bonds is 6. The van der Waals surface area contributed by atoms with Crippen molar-refractivity contribution < 1.29 is 34.5 Å². The number of carbonyl (C=O) groups is 4. The molecule has 12 heteroatoms. The van der Waals surface area contributed by atoms with Crippen LogP contribution in [0.5, 0.6) is 0 Å². The van der Waals surface area contributed by atoms with Crippen LogP contribution in [-0.2, 0) is 20.9 Å². The zero-order valence-electron chi connectivity index (χ0n) is 22.6. The lowest BCUT2D eigenvalue weighted by molar-refractivity contribution is -0.140. The van der Waals surface area contributed by atoms with Crippen molar-refractivity contribution in [3.63, 3.8) is 0 Å². The third-order valence-corrected chi connectivity index (χ3v) is 5.35. The number of nitrogens with zero attached hydrogens (tertiary/aromatic N) is 4. The number of carboxylic acid groups (broad SMARTS) is 3. The van der Waals surface area contributed by atoms with E-state index in [-0.39, 0.29) is 26.2 Å². The molecule has 0 aliphatic carbocycles. The molecular weight excluding hydrogens is 482 g/mol. The normalized spacial score (nSPS) is 15.6. The molecular formula is C25H45N5O7. The van der Waals surface area contributed by atoms with E-state index in [4.69, 9.17) is 9.90 Å². The maximum Gasteiger partial charge on any atom is 0.407 e. The molecule has 1 fully saturated rings. The molecule has 1 aromatic rings. The lowest BCUT2D eigenvalue weighted by atomic mass is 10.1. The zero-order chi connectivity index (χ0) is 28.8. The second-order valence-electron chi connectivity index (χ2n) is 7.87. The van der Waals surface area contributed by atoms with Gasteiger partial charge in [0.2, 0.25) is 0 Å². The average molecular weight is 528 g/mol. The number of aliphatic carboxylic acids is 2.